The monoisotopic (exact) mass is 445 g/mol. The Morgan fingerprint density at radius 1 is 1.03 bits per heavy atom. The quantitative estimate of drug-likeness (QED) is 0.433. The lowest BCUT2D eigenvalue weighted by atomic mass is 10.1. The highest BCUT2D eigenvalue weighted by Gasteiger charge is 2.31. The summed E-state index contributed by atoms with van der Waals surface area (Å²) < 4.78 is 65.9. The first-order valence-electron chi connectivity index (χ1n) is 9.45. The number of benzene rings is 2. The van der Waals surface area contributed by atoms with E-state index in [4.69, 9.17) is 0 Å². The Morgan fingerprint density at radius 2 is 1.81 bits per heavy atom. The van der Waals surface area contributed by atoms with Crippen molar-refractivity contribution in [1.29, 1.82) is 0 Å². The van der Waals surface area contributed by atoms with Gasteiger partial charge in [0.2, 0.25) is 0 Å². The van der Waals surface area contributed by atoms with E-state index >= 15 is 0 Å². The number of aryl methyl sites for hydroxylation is 1. The molecule has 2 aromatic heterocycles. The van der Waals surface area contributed by atoms with Crippen LogP contribution >= 0.6 is 0 Å². The van der Waals surface area contributed by atoms with Gasteiger partial charge < -0.3 is 0 Å². The van der Waals surface area contributed by atoms with Crippen molar-refractivity contribution < 1.29 is 21.6 Å². The summed E-state index contributed by atoms with van der Waals surface area (Å²) in [6.45, 7) is 3.45. The molecule has 160 valence electrons. The van der Waals surface area contributed by atoms with Gasteiger partial charge in [-0.2, -0.15) is 18.3 Å². The number of hydrogen-bond donors (Lipinski definition) is 0. The molecule has 2 heterocycles. The molecule has 0 saturated heterocycles. The molecule has 0 aliphatic heterocycles. The average Bonchev–Trinajstić information content (AvgIpc) is 3.16. The number of rotatable bonds is 4. The molecule has 5 nitrogen and oxygen atoms in total. The molecule has 4 rings (SSSR count). The summed E-state index contributed by atoms with van der Waals surface area (Å²) in [6, 6.07) is 12.3. The van der Waals surface area contributed by atoms with E-state index in [9.17, 15) is 21.6 Å². The number of aromatic nitrogens is 3. The third-order valence-corrected chi connectivity index (χ3v) is 6.68. The highest BCUT2D eigenvalue weighted by atomic mass is 32.2. The molecule has 0 aliphatic carbocycles. The van der Waals surface area contributed by atoms with Crippen molar-refractivity contribution in [1.82, 2.24) is 14.8 Å². The fraction of sp³-hybridized carbons (Fsp3) is 0.182. The fourth-order valence-electron chi connectivity index (χ4n) is 3.28. The van der Waals surface area contributed by atoms with E-state index in [1.807, 2.05) is 31.2 Å². The van der Waals surface area contributed by atoms with Crippen molar-refractivity contribution in [3.8, 4) is 16.9 Å². The number of fused-ring (bicyclic) bond motifs is 1. The van der Waals surface area contributed by atoms with Crippen LogP contribution in [0, 0.1) is 6.92 Å². The molecule has 31 heavy (non-hydrogen) atoms. The zero-order valence-corrected chi connectivity index (χ0v) is 17.5. The summed E-state index contributed by atoms with van der Waals surface area (Å²) >= 11 is 0. The lowest BCUT2D eigenvalue weighted by Gasteiger charge is -2.11. The van der Waals surface area contributed by atoms with E-state index in [1.165, 1.54) is 36.1 Å². The van der Waals surface area contributed by atoms with Crippen molar-refractivity contribution in [3.63, 3.8) is 0 Å². The van der Waals surface area contributed by atoms with Crippen LogP contribution in [0.5, 0.6) is 0 Å². The smallest absolute Gasteiger partial charge is 0.235 e. The second kappa shape index (κ2) is 7.49. The maximum atomic E-state index is 13.0. The molecule has 0 atom stereocenters. The van der Waals surface area contributed by atoms with Crippen LogP contribution < -0.4 is 0 Å². The van der Waals surface area contributed by atoms with Gasteiger partial charge in [0.25, 0.3) is 0 Å². The lowest BCUT2D eigenvalue weighted by molar-refractivity contribution is -0.137. The zero-order chi connectivity index (χ0) is 22.4. The first-order chi connectivity index (χ1) is 14.6. The normalized spacial score (nSPS) is 12.4. The number of hydrogen-bond acceptors (Lipinski definition) is 4. The molecule has 0 fully saturated rings. The second-order valence-corrected chi connectivity index (χ2v) is 9.41. The molecular weight excluding hydrogens is 427 g/mol. The summed E-state index contributed by atoms with van der Waals surface area (Å²) in [7, 11) is -3.69. The molecule has 0 unspecified atom stereocenters. The van der Waals surface area contributed by atoms with Gasteiger partial charge in [-0.3, -0.25) is 0 Å². The highest BCUT2D eigenvalue weighted by molar-refractivity contribution is 7.91. The summed E-state index contributed by atoms with van der Waals surface area (Å²) in [5.74, 6) is -0.110. The lowest BCUT2D eigenvalue weighted by Crippen LogP contribution is -2.11. The predicted molar refractivity (Wildman–Crippen MR) is 112 cm³/mol. The van der Waals surface area contributed by atoms with Crippen molar-refractivity contribution in [2.75, 3.05) is 5.75 Å². The van der Waals surface area contributed by atoms with Crippen molar-refractivity contribution in [3.05, 3.63) is 72.1 Å². The van der Waals surface area contributed by atoms with Crippen molar-refractivity contribution in [2.45, 2.75) is 24.9 Å². The van der Waals surface area contributed by atoms with Crippen LogP contribution in [0.3, 0.4) is 0 Å². The van der Waals surface area contributed by atoms with Gasteiger partial charge in [0.1, 0.15) is 4.90 Å². The standard InChI is InChI=1S/C22H18F3N3O2S/c1-3-31(29,30)20-10-17(15-6-4-5-14(2)9-15)12-26-21(20)28-13-16-7-8-18(22(23,24)25)11-19(16)27-28/h4-13H,3H2,1-2H3. The Hall–Kier alpha value is -3.20. The highest BCUT2D eigenvalue weighted by Crippen LogP contribution is 2.32. The largest absolute Gasteiger partial charge is 0.416 e. The van der Waals surface area contributed by atoms with E-state index in [0.717, 1.165) is 23.3 Å². The first kappa shape index (κ1) is 21.0. The third kappa shape index (κ3) is 4.05. The fourth-order valence-corrected chi connectivity index (χ4v) is 4.32. The molecular formula is C22H18F3N3O2S. The van der Waals surface area contributed by atoms with Crippen LogP contribution in [0.4, 0.5) is 13.2 Å². The van der Waals surface area contributed by atoms with Gasteiger partial charge in [0, 0.05) is 23.3 Å². The van der Waals surface area contributed by atoms with Crippen molar-refractivity contribution in [2.24, 2.45) is 0 Å². The van der Waals surface area contributed by atoms with E-state index in [-0.39, 0.29) is 22.0 Å². The van der Waals surface area contributed by atoms with Crippen LogP contribution in [-0.4, -0.2) is 28.9 Å². The maximum Gasteiger partial charge on any atom is 0.416 e. The Bertz CT molecular complexity index is 1390. The van der Waals surface area contributed by atoms with E-state index < -0.39 is 21.6 Å². The van der Waals surface area contributed by atoms with Gasteiger partial charge >= 0.3 is 6.18 Å². The number of pyridine rings is 1. The van der Waals surface area contributed by atoms with Crippen LogP contribution in [0.2, 0.25) is 0 Å². The summed E-state index contributed by atoms with van der Waals surface area (Å²) in [6.07, 6.45) is -1.49. The average molecular weight is 445 g/mol. The molecule has 0 radical (unpaired) electrons. The Kier molecular flexibility index (Phi) is 5.09. The summed E-state index contributed by atoms with van der Waals surface area (Å²) in [5.41, 5.74) is 1.72. The van der Waals surface area contributed by atoms with Crippen LogP contribution in [0.25, 0.3) is 27.8 Å². The minimum absolute atomic E-state index is 0.0298. The molecule has 0 N–H and O–H groups in total. The van der Waals surface area contributed by atoms with Gasteiger partial charge in [-0.05, 0) is 30.7 Å². The molecule has 0 amide bonds. The molecule has 0 aliphatic rings. The van der Waals surface area contributed by atoms with Crippen molar-refractivity contribution >= 4 is 20.7 Å². The Morgan fingerprint density at radius 3 is 2.48 bits per heavy atom. The number of alkyl halides is 3. The zero-order valence-electron chi connectivity index (χ0n) is 16.7. The number of halogens is 3. The first-order valence-corrected chi connectivity index (χ1v) is 11.1. The Balaban J connectivity index is 1.90. The van der Waals surface area contributed by atoms with E-state index in [2.05, 4.69) is 10.1 Å². The summed E-state index contributed by atoms with van der Waals surface area (Å²) in [4.78, 5) is 4.30. The number of nitrogens with zero attached hydrogens (tertiary/aromatic N) is 3. The van der Waals surface area contributed by atoms with Gasteiger partial charge in [-0.15, -0.1) is 0 Å². The van der Waals surface area contributed by atoms with Crippen LogP contribution in [-0.2, 0) is 16.0 Å². The second-order valence-electron chi connectivity index (χ2n) is 7.16. The third-order valence-electron chi connectivity index (χ3n) is 4.95. The van der Waals surface area contributed by atoms with Crippen LogP contribution in [0.15, 0.2) is 65.8 Å². The molecule has 4 aromatic rings. The van der Waals surface area contributed by atoms with Gasteiger partial charge in [0.05, 0.1) is 16.8 Å². The van der Waals surface area contributed by atoms with Crippen LogP contribution in [0.1, 0.15) is 18.1 Å². The van der Waals surface area contributed by atoms with E-state index in [1.54, 1.807) is 0 Å². The molecule has 0 bridgehead atoms. The number of sulfone groups is 1. The summed E-state index contributed by atoms with van der Waals surface area (Å²) in [5, 5.41) is 4.61. The topological polar surface area (TPSA) is 64.8 Å². The van der Waals surface area contributed by atoms with Gasteiger partial charge in [0.15, 0.2) is 15.7 Å². The maximum absolute atomic E-state index is 13.0. The SMILES string of the molecule is CCS(=O)(=O)c1cc(-c2cccc(C)c2)cnc1-n1cc2ccc(C(F)(F)F)cc2n1. The Labute approximate surface area is 177 Å². The molecule has 9 heteroatoms. The molecule has 0 saturated carbocycles. The minimum Gasteiger partial charge on any atom is -0.235 e. The van der Waals surface area contributed by atoms with E-state index in [0.29, 0.717) is 10.9 Å². The predicted octanol–water partition coefficient (Wildman–Crippen LogP) is 5.21. The molecule has 0 spiro atoms. The molecule has 2 aromatic carbocycles. The van der Waals surface area contributed by atoms with Gasteiger partial charge in [-0.25, -0.2) is 18.1 Å². The minimum atomic E-state index is -4.50. The van der Waals surface area contributed by atoms with Gasteiger partial charge in [-0.1, -0.05) is 42.8 Å².